The van der Waals surface area contributed by atoms with Gasteiger partial charge in [0.25, 0.3) is 0 Å². The molecule has 0 aliphatic rings. The average Bonchev–Trinajstić information content (AvgIpc) is 2.43. The van der Waals surface area contributed by atoms with Crippen LogP contribution in [0, 0.1) is 0 Å². The monoisotopic (exact) mass is 262 g/mol. The topological polar surface area (TPSA) is 103 Å². The van der Waals surface area contributed by atoms with Gasteiger partial charge in [-0.05, 0) is 0 Å². The molecule has 0 bridgehead atoms. The molecule has 2 aromatic rings. The highest BCUT2D eigenvalue weighted by atomic mass is 16.4. The minimum atomic E-state index is -1.04. The molecule has 6 heteroatoms. The zero-order valence-electron chi connectivity index (χ0n) is 10.1. The molecule has 1 heterocycles. The third kappa shape index (κ3) is 2.81. The minimum absolute atomic E-state index is 0.129. The first kappa shape index (κ1) is 13.3. The van der Waals surface area contributed by atoms with Crippen molar-refractivity contribution in [3.63, 3.8) is 0 Å². The molecular weight excluding hydrogens is 248 g/mol. The lowest BCUT2D eigenvalue weighted by molar-refractivity contribution is 0.0698. The van der Waals surface area contributed by atoms with Gasteiger partial charge in [0.2, 0.25) is 0 Å². The third-order valence-electron chi connectivity index (χ3n) is 2.74. The third-order valence-corrected chi connectivity index (χ3v) is 2.74. The Labute approximate surface area is 109 Å². The summed E-state index contributed by atoms with van der Waals surface area (Å²) in [6.07, 6.45) is 0.387. The van der Waals surface area contributed by atoms with Gasteiger partial charge in [0.1, 0.15) is 5.82 Å². The first-order valence-electron chi connectivity index (χ1n) is 5.77. The fourth-order valence-corrected chi connectivity index (χ4v) is 1.78. The molecule has 19 heavy (non-hydrogen) atoms. The first-order chi connectivity index (χ1) is 9.13. The van der Waals surface area contributed by atoms with Crippen molar-refractivity contribution < 1.29 is 20.1 Å². The Morgan fingerprint density at radius 1 is 1.32 bits per heavy atom. The van der Waals surface area contributed by atoms with Crippen molar-refractivity contribution in [3.05, 3.63) is 36.0 Å². The number of carbonyl (C=O) groups is 1. The van der Waals surface area contributed by atoms with Gasteiger partial charge in [0, 0.05) is 23.5 Å². The summed E-state index contributed by atoms with van der Waals surface area (Å²) in [5.41, 5.74) is 0.129. The Kier molecular flexibility index (Phi) is 3.94. The number of nitrogens with one attached hydrogen (secondary N) is 1. The summed E-state index contributed by atoms with van der Waals surface area (Å²) in [5, 5.41) is 31.3. The van der Waals surface area contributed by atoms with Crippen molar-refractivity contribution >= 4 is 22.6 Å². The Bertz CT molecular complexity index is 600. The van der Waals surface area contributed by atoms with E-state index in [1.54, 1.807) is 24.3 Å². The molecule has 6 nitrogen and oxygen atoms in total. The minimum Gasteiger partial charge on any atom is -0.478 e. The number of aliphatic hydroxyl groups is 2. The summed E-state index contributed by atoms with van der Waals surface area (Å²) in [7, 11) is 0. The molecule has 1 atom stereocenters. The second-order valence-electron chi connectivity index (χ2n) is 4.09. The number of rotatable bonds is 5. The molecule has 0 saturated carbocycles. The van der Waals surface area contributed by atoms with Crippen LogP contribution in [0.4, 0.5) is 5.82 Å². The number of aliphatic hydroxyl groups excluding tert-OH is 2. The van der Waals surface area contributed by atoms with E-state index in [1.807, 2.05) is 0 Å². The van der Waals surface area contributed by atoms with E-state index in [1.165, 1.54) is 6.20 Å². The zero-order chi connectivity index (χ0) is 13.8. The molecule has 0 amide bonds. The van der Waals surface area contributed by atoms with E-state index in [0.29, 0.717) is 16.6 Å². The van der Waals surface area contributed by atoms with Gasteiger partial charge in [-0.3, -0.25) is 0 Å². The van der Waals surface area contributed by atoms with Gasteiger partial charge in [0.15, 0.2) is 0 Å². The molecule has 0 aliphatic heterocycles. The highest BCUT2D eigenvalue weighted by Gasteiger charge is 2.12. The van der Waals surface area contributed by atoms with E-state index in [2.05, 4.69) is 10.3 Å². The normalized spacial score (nSPS) is 12.3. The molecule has 2 rings (SSSR count). The van der Waals surface area contributed by atoms with E-state index >= 15 is 0 Å². The number of nitrogens with zero attached hydrogens (tertiary/aromatic N) is 1. The van der Waals surface area contributed by atoms with Crippen LogP contribution in [0.25, 0.3) is 10.8 Å². The Hall–Kier alpha value is -2.18. The molecule has 1 aromatic carbocycles. The van der Waals surface area contributed by atoms with Crippen LogP contribution >= 0.6 is 0 Å². The lowest BCUT2D eigenvalue weighted by Crippen LogP contribution is -2.23. The number of aromatic carboxylic acids is 1. The molecule has 1 aromatic heterocycles. The van der Waals surface area contributed by atoms with Crippen LogP contribution in [0.5, 0.6) is 0 Å². The fourth-order valence-electron chi connectivity index (χ4n) is 1.78. The molecule has 0 spiro atoms. The van der Waals surface area contributed by atoms with Crippen molar-refractivity contribution in [2.75, 3.05) is 18.5 Å². The van der Waals surface area contributed by atoms with Gasteiger partial charge in [0.05, 0.1) is 18.3 Å². The molecule has 0 fully saturated rings. The zero-order valence-corrected chi connectivity index (χ0v) is 10.1. The maximum absolute atomic E-state index is 11.1. The molecule has 0 aliphatic carbocycles. The van der Waals surface area contributed by atoms with Crippen LogP contribution in [0.2, 0.25) is 0 Å². The van der Waals surface area contributed by atoms with Gasteiger partial charge in [-0.1, -0.05) is 24.3 Å². The van der Waals surface area contributed by atoms with E-state index < -0.39 is 12.1 Å². The second kappa shape index (κ2) is 5.64. The predicted molar refractivity (Wildman–Crippen MR) is 70.3 cm³/mol. The quantitative estimate of drug-likeness (QED) is 0.632. The summed E-state index contributed by atoms with van der Waals surface area (Å²) in [5.74, 6) is -0.557. The molecular formula is C13H14N2O4. The number of pyridine rings is 1. The van der Waals surface area contributed by atoms with E-state index in [9.17, 15) is 9.90 Å². The summed E-state index contributed by atoms with van der Waals surface area (Å²) in [6.45, 7) is -0.210. The number of anilines is 1. The van der Waals surface area contributed by atoms with Crippen molar-refractivity contribution in [2.45, 2.75) is 6.10 Å². The fraction of sp³-hybridized carbons (Fsp3) is 0.231. The number of fused-ring (bicyclic) bond motifs is 1. The summed E-state index contributed by atoms with van der Waals surface area (Å²) < 4.78 is 0. The number of carboxylic acids is 1. The number of hydrogen-bond donors (Lipinski definition) is 4. The Morgan fingerprint density at radius 2 is 2.00 bits per heavy atom. The van der Waals surface area contributed by atoms with Crippen LogP contribution in [0.15, 0.2) is 30.5 Å². The highest BCUT2D eigenvalue weighted by molar-refractivity contribution is 6.06. The summed E-state index contributed by atoms with van der Waals surface area (Å²) in [4.78, 5) is 15.2. The summed E-state index contributed by atoms with van der Waals surface area (Å²) >= 11 is 0. The van der Waals surface area contributed by atoms with Crippen LogP contribution < -0.4 is 5.32 Å². The summed E-state index contributed by atoms with van der Waals surface area (Å²) in [6, 6.07) is 6.99. The van der Waals surface area contributed by atoms with E-state index in [0.717, 1.165) is 0 Å². The molecule has 0 saturated heterocycles. The van der Waals surface area contributed by atoms with Gasteiger partial charge in [-0.15, -0.1) is 0 Å². The number of hydrogen-bond acceptors (Lipinski definition) is 5. The van der Waals surface area contributed by atoms with E-state index in [4.69, 9.17) is 10.2 Å². The largest absolute Gasteiger partial charge is 0.478 e. The maximum atomic E-state index is 11.1. The van der Waals surface area contributed by atoms with Crippen molar-refractivity contribution in [1.82, 2.24) is 4.98 Å². The first-order valence-corrected chi connectivity index (χ1v) is 5.77. The van der Waals surface area contributed by atoms with Crippen LogP contribution in [-0.4, -0.2) is 45.5 Å². The molecule has 1 unspecified atom stereocenters. The van der Waals surface area contributed by atoms with Crippen LogP contribution in [-0.2, 0) is 0 Å². The lowest BCUT2D eigenvalue weighted by atomic mass is 10.1. The Balaban J connectivity index is 2.41. The second-order valence-corrected chi connectivity index (χ2v) is 4.09. The van der Waals surface area contributed by atoms with Crippen LogP contribution in [0.3, 0.4) is 0 Å². The van der Waals surface area contributed by atoms with Gasteiger partial charge in [-0.2, -0.15) is 0 Å². The average molecular weight is 262 g/mol. The van der Waals surface area contributed by atoms with Crippen LogP contribution in [0.1, 0.15) is 10.4 Å². The Morgan fingerprint density at radius 3 is 2.63 bits per heavy atom. The van der Waals surface area contributed by atoms with Gasteiger partial charge < -0.3 is 20.6 Å². The molecule has 100 valence electrons. The van der Waals surface area contributed by atoms with Gasteiger partial charge >= 0.3 is 5.97 Å². The number of benzene rings is 1. The number of aromatic nitrogens is 1. The van der Waals surface area contributed by atoms with E-state index in [-0.39, 0.29) is 18.7 Å². The SMILES string of the molecule is O=C(O)c1cnc(NCC(O)CO)c2ccccc12. The number of carboxylic acid groups (broad SMARTS) is 1. The van der Waals surface area contributed by atoms with Gasteiger partial charge in [-0.25, -0.2) is 9.78 Å². The van der Waals surface area contributed by atoms with Crippen molar-refractivity contribution in [3.8, 4) is 0 Å². The predicted octanol–water partition coefficient (Wildman–Crippen LogP) is 0.698. The maximum Gasteiger partial charge on any atom is 0.337 e. The standard InChI is InChI=1S/C13H14N2O4/c16-7-8(17)5-14-12-10-4-2-1-3-9(10)11(6-15-12)13(18)19/h1-4,6,8,16-17H,5,7H2,(H,14,15)(H,18,19). The van der Waals surface area contributed by atoms with Crippen molar-refractivity contribution in [1.29, 1.82) is 0 Å². The molecule has 4 N–H and O–H groups in total. The lowest BCUT2D eigenvalue weighted by Gasteiger charge is -2.12. The van der Waals surface area contributed by atoms with Crippen molar-refractivity contribution in [2.24, 2.45) is 0 Å². The highest BCUT2D eigenvalue weighted by Crippen LogP contribution is 2.24. The molecule has 0 radical (unpaired) electrons. The smallest absolute Gasteiger partial charge is 0.337 e.